The zero-order valence-electron chi connectivity index (χ0n) is 5.39. The molecular weight excluding hydrogens is 186 g/mol. The third-order valence-electron chi connectivity index (χ3n) is 0. The van der Waals surface area contributed by atoms with Crippen molar-refractivity contribution in [2.75, 3.05) is 0 Å². The fourth-order valence-electron chi connectivity index (χ4n) is 0. The second-order valence-corrected chi connectivity index (χ2v) is 1.43. The van der Waals surface area contributed by atoms with Gasteiger partial charge in [0.05, 0.1) is 0 Å². The molecule has 0 aromatic rings. The molecule has 0 unspecified atom stereocenters. The summed E-state index contributed by atoms with van der Waals surface area (Å²) in [4.78, 5) is 16.8. The van der Waals surface area contributed by atoms with Gasteiger partial charge in [-0.05, 0) is 0 Å². The Labute approximate surface area is 58.6 Å². The summed E-state index contributed by atoms with van der Waals surface area (Å²) >= 11 is 0. The topological polar surface area (TPSA) is 153 Å². The minimum atomic E-state index is -3.88. The van der Waals surface area contributed by atoms with E-state index in [-0.39, 0.29) is 12.3 Å². The van der Waals surface area contributed by atoms with Gasteiger partial charge in [0, 0.05) is 0 Å². The van der Waals surface area contributed by atoms with Gasteiger partial charge in [-0.1, -0.05) is 0 Å². The average Bonchev–Trinajstić information content (AvgIpc) is 1.25. The van der Waals surface area contributed by atoms with Gasteiger partial charge in [0.25, 0.3) is 0 Å². The summed E-state index contributed by atoms with van der Waals surface area (Å²) < 4.78 is 36.8. The Morgan fingerprint density at radius 3 is 0.900 bits per heavy atom. The number of rotatable bonds is 0. The van der Waals surface area contributed by atoms with Crippen LogP contribution in [0, 0.1) is 0 Å². The predicted molar refractivity (Wildman–Crippen MR) is 27.1 cm³/mol. The van der Waals surface area contributed by atoms with E-state index in [9.17, 15) is 8.22 Å². The van der Waals surface area contributed by atoms with Gasteiger partial charge in [-0.25, -0.2) is 0 Å². The molecule has 10 heteroatoms. The molecule has 0 aromatic heterocycles. The third-order valence-corrected chi connectivity index (χ3v) is 0. The van der Waals surface area contributed by atoms with Crippen molar-refractivity contribution in [1.82, 2.24) is 12.3 Å². The molecule has 0 amide bonds. The van der Waals surface area contributed by atoms with E-state index in [1.165, 1.54) is 0 Å². The number of quaternary nitrogens is 2. The first-order chi connectivity index (χ1) is 3.46. The molecule has 0 aliphatic rings. The SMILES string of the molecule is O=[Si]([O-])F.O=[Si]([O-])F.[NH4+].[NH4+]. The van der Waals surface area contributed by atoms with Crippen LogP contribution < -0.4 is 21.9 Å². The van der Waals surface area contributed by atoms with Crippen LogP contribution in [0.3, 0.4) is 0 Å². The van der Waals surface area contributed by atoms with Gasteiger partial charge in [0.1, 0.15) is 0 Å². The number of hydrogen-bond acceptors (Lipinski definition) is 4. The molecular formula is H8F2N2O4Si2. The molecule has 0 spiro atoms. The van der Waals surface area contributed by atoms with Crippen LogP contribution in [0.15, 0.2) is 0 Å². The lowest BCUT2D eigenvalue weighted by Gasteiger charge is -1.67. The minimum absolute atomic E-state index is 0. The van der Waals surface area contributed by atoms with Crippen molar-refractivity contribution in [3.63, 3.8) is 0 Å². The summed E-state index contributed by atoms with van der Waals surface area (Å²) in [7, 11) is -7.76. The second kappa shape index (κ2) is 15.8. The van der Waals surface area contributed by atoms with Gasteiger partial charge in [0.2, 0.25) is 0 Å². The van der Waals surface area contributed by atoms with Crippen LogP contribution in [0.2, 0.25) is 0 Å². The Kier molecular flexibility index (Phi) is 35.9. The lowest BCUT2D eigenvalue weighted by molar-refractivity contribution is -0.215. The van der Waals surface area contributed by atoms with Crippen molar-refractivity contribution < 1.29 is 26.7 Å². The standard InChI is InChI=1S/2FO2Si.2H3N/c2*1-4(2)3;;/h;;2*1H3/q2*-1;;/p+2. The van der Waals surface area contributed by atoms with Crippen LogP contribution in [0.4, 0.5) is 8.22 Å². The molecule has 6 nitrogen and oxygen atoms in total. The van der Waals surface area contributed by atoms with E-state index in [1.54, 1.807) is 0 Å². The molecule has 0 heterocycles. The highest BCUT2D eigenvalue weighted by Gasteiger charge is 1.61. The summed E-state index contributed by atoms with van der Waals surface area (Å²) in [6.45, 7) is 0. The first kappa shape index (κ1) is 22.7. The highest BCUT2D eigenvalue weighted by Crippen LogP contribution is 1.39. The van der Waals surface area contributed by atoms with Gasteiger partial charge in [-0.2, -0.15) is 0 Å². The van der Waals surface area contributed by atoms with E-state index in [4.69, 9.17) is 18.5 Å². The molecule has 0 aliphatic heterocycles. The van der Waals surface area contributed by atoms with Crippen LogP contribution in [-0.4, -0.2) is 18.5 Å². The van der Waals surface area contributed by atoms with E-state index in [0.29, 0.717) is 0 Å². The summed E-state index contributed by atoms with van der Waals surface area (Å²) in [6.07, 6.45) is 0. The van der Waals surface area contributed by atoms with Crippen LogP contribution in [-0.2, 0) is 8.92 Å². The molecule has 10 heavy (non-hydrogen) atoms. The molecule has 0 aliphatic carbocycles. The smallest absolute Gasteiger partial charge is 0.376 e. The Balaban J connectivity index is -0.0000000300. The third kappa shape index (κ3) is 887. The Morgan fingerprint density at radius 2 is 0.900 bits per heavy atom. The summed E-state index contributed by atoms with van der Waals surface area (Å²) in [5, 5.41) is 0. The maximum Gasteiger partial charge on any atom is 0.376 e. The van der Waals surface area contributed by atoms with Crippen molar-refractivity contribution in [3.05, 3.63) is 0 Å². The average molecular weight is 194 g/mol. The summed E-state index contributed by atoms with van der Waals surface area (Å²) in [5.74, 6) is 0. The van der Waals surface area contributed by atoms with Crippen LogP contribution in [0.25, 0.3) is 0 Å². The summed E-state index contributed by atoms with van der Waals surface area (Å²) in [6, 6.07) is 0. The molecule has 0 bridgehead atoms. The van der Waals surface area contributed by atoms with Crippen molar-refractivity contribution in [1.29, 1.82) is 0 Å². The first-order valence-electron chi connectivity index (χ1n) is 1.19. The first-order valence-corrected chi connectivity index (χ1v) is 3.58. The Bertz CT molecular complexity index is 77.3. The van der Waals surface area contributed by atoms with Gasteiger partial charge < -0.3 is 30.8 Å². The number of hydrogen-bond donors (Lipinski definition) is 2. The lowest BCUT2D eigenvalue weighted by atomic mass is 14.0. The van der Waals surface area contributed by atoms with Crippen molar-refractivity contribution in [3.8, 4) is 0 Å². The second-order valence-electron chi connectivity index (χ2n) is 0.475. The fraction of sp³-hybridized carbons (Fsp3) is 0. The quantitative estimate of drug-likeness (QED) is 0.345. The molecule has 0 fully saturated rings. The van der Waals surface area contributed by atoms with E-state index < -0.39 is 18.5 Å². The number of halogens is 2. The van der Waals surface area contributed by atoms with Gasteiger partial charge in [-0.15, -0.1) is 0 Å². The Hall–Kier alpha value is -0.586. The van der Waals surface area contributed by atoms with Crippen molar-refractivity contribution >= 4 is 18.5 Å². The largest absolute Gasteiger partial charge is 0.560 e. The molecule has 64 valence electrons. The molecule has 0 rings (SSSR count). The van der Waals surface area contributed by atoms with Gasteiger partial charge >= 0.3 is 18.5 Å². The Morgan fingerprint density at radius 1 is 0.900 bits per heavy atom. The highest BCUT2D eigenvalue weighted by molar-refractivity contribution is 6.20. The van der Waals surface area contributed by atoms with E-state index in [0.717, 1.165) is 0 Å². The van der Waals surface area contributed by atoms with Gasteiger partial charge in [-0.3, -0.25) is 8.22 Å². The molecule has 0 atom stereocenters. The van der Waals surface area contributed by atoms with Gasteiger partial charge in [0.15, 0.2) is 0 Å². The molecule has 8 N–H and O–H groups in total. The molecule has 0 radical (unpaired) electrons. The van der Waals surface area contributed by atoms with Crippen LogP contribution in [0.5, 0.6) is 0 Å². The minimum Gasteiger partial charge on any atom is -0.560 e. The van der Waals surface area contributed by atoms with Crippen LogP contribution >= 0.6 is 0 Å². The van der Waals surface area contributed by atoms with E-state index >= 15 is 0 Å². The van der Waals surface area contributed by atoms with Crippen molar-refractivity contribution in [2.45, 2.75) is 0 Å². The summed E-state index contributed by atoms with van der Waals surface area (Å²) in [5.41, 5.74) is 0. The molecule has 0 saturated carbocycles. The monoisotopic (exact) mass is 194 g/mol. The molecule has 0 aromatic carbocycles. The molecule has 0 saturated heterocycles. The van der Waals surface area contributed by atoms with E-state index in [1.807, 2.05) is 0 Å². The highest BCUT2D eigenvalue weighted by atomic mass is 28.3. The van der Waals surface area contributed by atoms with Crippen LogP contribution in [0.1, 0.15) is 0 Å². The zero-order chi connectivity index (χ0) is 7.15. The maximum absolute atomic E-state index is 9.99. The lowest BCUT2D eigenvalue weighted by Crippen LogP contribution is -2.11. The predicted octanol–water partition coefficient (Wildman–Crippen LogP) is -1.78. The zero-order valence-corrected chi connectivity index (χ0v) is 7.39. The van der Waals surface area contributed by atoms with E-state index in [2.05, 4.69) is 0 Å². The van der Waals surface area contributed by atoms with Crippen molar-refractivity contribution in [2.24, 2.45) is 0 Å². The maximum atomic E-state index is 9.99. The normalized spacial score (nSPS) is 5.00. The fourth-order valence-corrected chi connectivity index (χ4v) is 0.